The van der Waals surface area contributed by atoms with E-state index in [2.05, 4.69) is 25.7 Å². The van der Waals surface area contributed by atoms with Crippen LogP contribution < -0.4 is 10.6 Å². The third-order valence-corrected chi connectivity index (χ3v) is 5.66. The molecule has 1 aliphatic heterocycles. The topological polar surface area (TPSA) is 110 Å². The van der Waals surface area contributed by atoms with Gasteiger partial charge in [0, 0.05) is 31.9 Å². The fourth-order valence-corrected chi connectivity index (χ4v) is 3.28. The Hall–Kier alpha value is -0.950. The van der Waals surface area contributed by atoms with Gasteiger partial charge in [-0.1, -0.05) is 6.92 Å². The highest BCUT2D eigenvalue weighted by Gasteiger charge is 2.22. The van der Waals surface area contributed by atoms with Gasteiger partial charge in [-0.2, -0.15) is 5.10 Å². The average Bonchev–Trinajstić information content (AvgIpc) is 2.97. The molecular weight excluding hydrogens is 471 g/mol. The molecule has 0 radical (unpaired) electrons. The molecule has 1 aliphatic rings. The largest absolute Gasteiger partial charge is 0.377 e. The molecule has 26 heavy (non-hydrogen) atoms. The standard InChI is InChI=1S/C15H28N6O3S.HI/c1-4-16-15(17-8-9-25(22,23)5-2)18-12-6-7-14-19-13(11-24-3)20-21(14)10-12;/h12H,4-11H2,1-3H3,(H2,16,17,18);1H. The summed E-state index contributed by atoms with van der Waals surface area (Å²) in [5.41, 5.74) is 0. The van der Waals surface area contributed by atoms with Crippen LogP contribution in [0.15, 0.2) is 4.99 Å². The molecule has 2 rings (SSSR count). The van der Waals surface area contributed by atoms with E-state index in [9.17, 15) is 8.42 Å². The number of aryl methyl sites for hydroxylation is 1. The number of aliphatic imine (C=N–C) groups is 1. The van der Waals surface area contributed by atoms with Crippen LogP contribution in [0.25, 0.3) is 0 Å². The quantitative estimate of drug-likeness (QED) is 0.301. The third kappa shape index (κ3) is 6.99. The summed E-state index contributed by atoms with van der Waals surface area (Å²) in [5, 5.41) is 11.0. The minimum absolute atomic E-state index is 0. The Kier molecular flexibility index (Phi) is 9.79. The number of hydrogen-bond donors (Lipinski definition) is 2. The molecule has 0 saturated heterocycles. The number of nitrogens with zero attached hydrogens (tertiary/aromatic N) is 4. The lowest BCUT2D eigenvalue weighted by Crippen LogP contribution is -2.47. The lowest BCUT2D eigenvalue weighted by molar-refractivity contribution is 0.177. The summed E-state index contributed by atoms with van der Waals surface area (Å²) >= 11 is 0. The summed E-state index contributed by atoms with van der Waals surface area (Å²) < 4.78 is 30.1. The monoisotopic (exact) mass is 500 g/mol. The lowest BCUT2D eigenvalue weighted by atomic mass is 10.1. The van der Waals surface area contributed by atoms with Gasteiger partial charge in [-0.15, -0.1) is 24.0 Å². The SMILES string of the molecule is CCNC(=NCCS(=O)(=O)CC)NC1CCc2nc(COC)nn2C1.I. The number of nitrogens with one attached hydrogen (secondary N) is 2. The van der Waals surface area contributed by atoms with E-state index < -0.39 is 9.84 Å². The van der Waals surface area contributed by atoms with Gasteiger partial charge in [0.05, 0.1) is 18.8 Å². The van der Waals surface area contributed by atoms with E-state index >= 15 is 0 Å². The number of guanidine groups is 1. The summed E-state index contributed by atoms with van der Waals surface area (Å²) in [6.45, 7) is 5.71. The zero-order valence-corrected chi connectivity index (χ0v) is 18.7. The molecule has 0 saturated carbocycles. The highest BCUT2D eigenvalue weighted by Crippen LogP contribution is 2.13. The van der Waals surface area contributed by atoms with Crippen molar-refractivity contribution in [3.05, 3.63) is 11.6 Å². The van der Waals surface area contributed by atoms with E-state index in [1.54, 1.807) is 14.0 Å². The van der Waals surface area contributed by atoms with Crippen LogP contribution in [-0.4, -0.2) is 66.9 Å². The van der Waals surface area contributed by atoms with Gasteiger partial charge in [0.15, 0.2) is 21.6 Å². The number of ether oxygens (including phenoxy) is 1. The Morgan fingerprint density at radius 2 is 2.19 bits per heavy atom. The van der Waals surface area contributed by atoms with Crippen molar-refractivity contribution >= 4 is 39.8 Å². The molecule has 2 heterocycles. The molecule has 9 nitrogen and oxygen atoms in total. The van der Waals surface area contributed by atoms with Crippen LogP contribution >= 0.6 is 24.0 Å². The number of fused-ring (bicyclic) bond motifs is 1. The first-order valence-electron chi connectivity index (χ1n) is 8.64. The number of sulfone groups is 1. The Morgan fingerprint density at radius 3 is 2.85 bits per heavy atom. The fraction of sp³-hybridized carbons (Fsp3) is 0.800. The molecule has 1 unspecified atom stereocenters. The second-order valence-electron chi connectivity index (χ2n) is 5.94. The molecule has 0 amide bonds. The number of hydrogen-bond acceptors (Lipinski definition) is 6. The van der Waals surface area contributed by atoms with E-state index in [-0.39, 0.29) is 48.1 Å². The Balaban J connectivity index is 0.00000338. The van der Waals surface area contributed by atoms with Crippen LogP contribution in [0.2, 0.25) is 0 Å². The predicted octanol–water partition coefficient (Wildman–Crippen LogP) is 0.347. The van der Waals surface area contributed by atoms with Crippen LogP contribution in [0.4, 0.5) is 0 Å². The number of methoxy groups -OCH3 is 1. The molecule has 1 aromatic heterocycles. The molecule has 2 N–H and O–H groups in total. The van der Waals surface area contributed by atoms with Crippen LogP contribution in [0, 0.1) is 0 Å². The first-order valence-corrected chi connectivity index (χ1v) is 10.5. The van der Waals surface area contributed by atoms with Crippen molar-refractivity contribution in [3.63, 3.8) is 0 Å². The molecule has 150 valence electrons. The van der Waals surface area contributed by atoms with Crippen LogP contribution in [-0.2, 0) is 34.1 Å². The van der Waals surface area contributed by atoms with Gasteiger partial charge in [0.2, 0.25) is 0 Å². The van der Waals surface area contributed by atoms with E-state index in [0.29, 0.717) is 31.5 Å². The normalized spacial score (nSPS) is 17.3. The molecule has 0 aliphatic carbocycles. The molecule has 0 spiro atoms. The van der Waals surface area contributed by atoms with Gasteiger partial charge >= 0.3 is 0 Å². The highest BCUT2D eigenvalue weighted by atomic mass is 127. The first-order chi connectivity index (χ1) is 12.0. The minimum Gasteiger partial charge on any atom is -0.377 e. The molecule has 0 aromatic carbocycles. The molecule has 1 aromatic rings. The Labute approximate surface area is 172 Å². The third-order valence-electron chi connectivity index (χ3n) is 3.97. The Morgan fingerprint density at radius 1 is 1.42 bits per heavy atom. The van der Waals surface area contributed by atoms with Gasteiger partial charge in [-0.05, 0) is 13.3 Å². The van der Waals surface area contributed by atoms with Gasteiger partial charge in [0.25, 0.3) is 0 Å². The summed E-state index contributed by atoms with van der Waals surface area (Å²) in [4.78, 5) is 8.84. The second kappa shape index (κ2) is 11.0. The molecule has 0 bridgehead atoms. The van der Waals surface area contributed by atoms with Crippen molar-refractivity contribution in [1.29, 1.82) is 0 Å². The fourth-order valence-electron chi connectivity index (χ4n) is 2.62. The zero-order valence-electron chi connectivity index (χ0n) is 15.6. The van der Waals surface area contributed by atoms with Gasteiger partial charge in [0.1, 0.15) is 12.4 Å². The van der Waals surface area contributed by atoms with Crippen molar-refractivity contribution in [1.82, 2.24) is 25.4 Å². The van der Waals surface area contributed by atoms with Gasteiger partial charge < -0.3 is 15.4 Å². The van der Waals surface area contributed by atoms with E-state index in [1.165, 1.54) is 0 Å². The predicted molar refractivity (Wildman–Crippen MR) is 112 cm³/mol. The summed E-state index contributed by atoms with van der Waals surface area (Å²) in [6, 6.07) is 0.171. The van der Waals surface area contributed by atoms with Crippen molar-refractivity contribution < 1.29 is 13.2 Å². The van der Waals surface area contributed by atoms with Crippen LogP contribution in [0.5, 0.6) is 0 Å². The van der Waals surface area contributed by atoms with Crippen molar-refractivity contribution in [2.24, 2.45) is 4.99 Å². The maximum atomic E-state index is 11.6. The summed E-state index contributed by atoms with van der Waals surface area (Å²) in [6.07, 6.45) is 1.75. The first kappa shape index (κ1) is 23.1. The van der Waals surface area contributed by atoms with E-state index in [1.807, 2.05) is 11.6 Å². The second-order valence-corrected chi connectivity index (χ2v) is 8.41. The van der Waals surface area contributed by atoms with Crippen molar-refractivity contribution in [3.8, 4) is 0 Å². The van der Waals surface area contributed by atoms with E-state index in [0.717, 1.165) is 18.7 Å². The molecule has 11 heteroatoms. The number of aromatic nitrogens is 3. The summed E-state index contributed by atoms with van der Waals surface area (Å²) in [7, 11) is -1.38. The maximum absolute atomic E-state index is 11.6. The van der Waals surface area contributed by atoms with Crippen molar-refractivity contribution in [2.45, 2.75) is 45.9 Å². The average molecular weight is 500 g/mol. The lowest BCUT2D eigenvalue weighted by Gasteiger charge is -2.25. The summed E-state index contributed by atoms with van der Waals surface area (Å²) in [5.74, 6) is 2.52. The highest BCUT2D eigenvalue weighted by molar-refractivity contribution is 14.0. The van der Waals surface area contributed by atoms with Crippen molar-refractivity contribution in [2.75, 3.05) is 31.7 Å². The minimum atomic E-state index is -3.00. The maximum Gasteiger partial charge on any atom is 0.191 e. The number of rotatable bonds is 8. The van der Waals surface area contributed by atoms with Crippen LogP contribution in [0.3, 0.4) is 0 Å². The van der Waals surface area contributed by atoms with E-state index in [4.69, 9.17) is 4.74 Å². The molecular formula is C15H29IN6O3S. The Bertz CT molecular complexity index is 692. The van der Waals surface area contributed by atoms with Gasteiger partial charge in [-0.3, -0.25) is 4.99 Å². The molecule has 0 fully saturated rings. The van der Waals surface area contributed by atoms with Crippen LogP contribution in [0.1, 0.15) is 31.9 Å². The smallest absolute Gasteiger partial charge is 0.191 e. The number of halogens is 1. The zero-order chi connectivity index (χ0) is 18.3. The van der Waals surface area contributed by atoms with Gasteiger partial charge in [-0.25, -0.2) is 18.1 Å². The molecule has 1 atom stereocenters.